The molecule has 0 radical (unpaired) electrons. The third-order valence-electron chi connectivity index (χ3n) is 10.0. The molecule has 0 aromatic rings. The molecule has 2 saturated heterocycles. The fraction of sp³-hybridized carbons (Fsp3) is 0.792. The average Bonchev–Trinajstić information content (AvgIpc) is 3.42. The van der Waals surface area contributed by atoms with Gasteiger partial charge in [-0.2, -0.15) is 0 Å². The first-order valence-corrected chi connectivity index (χ1v) is 11.5. The van der Waals surface area contributed by atoms with Crippen molar-refractivity contribution in [1.29, 1.82) is 0 Å². The van der Waals surface area contributed by atoms with Gasteiger partial charge in [0.2, 0.25) is 5.79 Å². The zero-order chi connectivity index (χ0) is 22.7. The van der Waals surface area contributed by atoms with Crippen molar-refractivity contribution in [2.24, 2.45) is 28.6 Å². The second kappa shape index (κ2) is 6.27. The van der Waals surface area contributed by atoms with E-state index in [9.17, 15) is 9.90 Å². The molecular weight excluding hydrogens is 422 g/mol. The van der Waals surface area contributed by atoms with E-state index < -0.39 is 45.7 Å². The molecule has 1 N–H and O–H groups in total. The standard InChI is InChI=1S/C24H30F2O6/c1-13-6-15-16-8-18(25)17-7-14(27)4-5-20(17,2)23(16,26)19(28)9-21(15,3)24(13)22(31-12-32-24)10-29-11-30-22/h4-5,13,15-16,19,28H,6-12H2,1-3H3/t13-,15-,16-,19-,20-,21-,22?,23-,24+/m0/s1. The lowest BCUT2D eigenvalue weighted by Gasteiger charge is -2.63. The van der Waals surface area contributed by atoms with Crippen molar-refractivity contribution in [2.75, 3.05) is 20.2 Å². The zero-order valence-electron chi connectivity index (χ0n) is 18.7. The molecule has 4 fully saturated rings. The van der Waals surface area contributed by atoms with Crippen LogP contribution in [0.1, 0.15) is 46.5 Å². The van der Waals surface area contributed by atoms with Crippen LogP contribution in [0.25, 0.3) is 0 Å². The SMILES string of the molecule is C[C@H]1C[C@H]2[C@@H]3CC(F)=C4CC(=O)C=C[C@]4(C)[C@@]3(F)[C@@H](O)C[C@]2(C)[C@]12OCOC21COCO1. The summed E-state index contributed by atoms with van der Waals surface area (Å²) in [6.07, 6.45) is 1.89. The lowest BCUT2D eigenvalue weighted by atomic mass is 9.45. The van der Waals surface area contributed by atoms with Crippen molar-refractivity contribution >= 4 is 5.78 Å². The number of hydrogen-bond acceptors (Lipinski definition) is 6. The van der Waals surface area contributed by atoms with Crippen molar-refractivity contribution < 1.29 is 37.6 Å². The van der Waals surface area contributed by atoms with Crippen LogP contribution in [0, 0.1) is 28.6 Å². The highest BCUT2D eigenvalue weighted by molar-refractivity contribution is 5.93. The maximum atomic E-state index is 17.3. The Hall–Kier alpha value is -1.19. The predicted octanol–water partition coefficient (Wildman–Crippen LogP) is 3.34. The van der Waals surface area contributed by atoms with Crippen molar-refractivity contribution in [2.45, 2.75) is 69.6 Å². The number of alkyl halides is 1. The van der Waals surface area contributed by atoms with E-state index >= 15 is 8.78 Å². The van der Waals surface area contributed by atoms with Crippen LogP contribution in [0.3, 0.4) is 0 Å². The first-order valence-electron chi connectivity index (χ1n) is 11.5. The van der Waals surface area contributed by atoms with Crippen molar-refractivity contribution in [3.63, 3.8) is 0 Å². The van der Waals surface area contributed by atoms with Crippen LogP contribution in [0.5, 0.6) is 0 Å². The van der Waals surface area contributed by atoms with Gasteiger partial charge in [-0.05, 0) is 43.3 Å². The number of carbonyl (C=O) groups excluding carboxylic acids is 1. The maximum absolute atomic E-state index is 17.3. The molecule has 0 amide bonds. The zero-order valence-corrected chi connectivity index (χ0v) is 18.7. The van der Waals surface area contributed by atoms with Crippen LogP contribution in [-0.4, -0.2) is 54.2 Å². The summed E-state index contributed by atoms with van der Waals surface area (Å²) < 4.78 is 56.6. The molecule has 2 saturated carbocycles. The summed E-state index contributed by atoms with van der Waals surface area (Å²) >= 11 is 0. The van der Waals surface area contributed by atoms with Gasteiger partial charge in [0.1, 0.15) is 18.0 Å². The lowest BCUT2D eigenvalue weighted by Crippen LogP contribution is -2.71. The van der Waals surface area contributed by atoms with Gasteiger partial charge in [0.25, 0.3) is 0 Å². The van der Waals surface area contributed by atoms with Gasteiger partial charge in [-0.15, -0.1) is 0 Å². The second-order valence-electron chi connectivity index (χ2n) is 11.0. The molecular formula is C24H30F2O6. The third kappa shape index (κ3) is 2.07. The average molecular weight is 452 g/mol. The van der Waals surface area contributed by atoms with Gasteiger partial charge in [0.15, 0.2) is 25.0 Å². The molecule has 6 aliphatic rings. The number of ketones is 1. The highest BCUT2D eigenvalue weighted by Crippen LogP contribution is 2.74. The number of fused-ring (bicyclic) bond motifs is 7. The molecule has 8 heteroatoms. The van der Waals surface area contributed by atoms with E-state index in [-0.39, 0.29) is 62.6 Å². The summed E-state index contributed by atoms with van der Waals surface area (Å²) in [5, 5.41) is 11.5. The number of halogens is 2. The monoisotopic (exact) mass is 452 g/mol. The second-order valence-corrected chi connectivity index (χ2v) is 11.0. The molecule has 2 spiro atoms. The molecule has 2 heterocycles. The highest BCUT2D eigenvalue weighted by Gasteiger charge is 2.81. The molecule has 4 aliphatic carbocycles. The Labute approximate surface area is 185 Å². The molecule has 32 heavy (non-hydrogen) atoms. The summed E-state index contributed by atoms with van der Waals surface area (Å²) in [4.78, 5) is 12.0. The summed E-state index contributed by atoms with van der Waals surface area (Å²) in [7, 11) is 0. The number of hydrogen-bond donors (Lipinski definition) is 1. The fourth-order valence-corrected chi connectivity index (χ4v) is 8.70. The minimum atomic E-state index is -2.09. The van der Waals surface area contributed by atoms with Crippen molar-refractivity contribution in [3.05, 3.63) is 23.6 Å². The van der Waals surface area contributed by atoms with Gasteiger partial charge in [0.05, 0.1) is 6.10 Å². The van der Waals surface area contributed by atoms with E-state index in [1.54, 1.807) is 6.92 Å². The third-order valence-corrected chi connectivity index (χ3v) is 10.0. The van der Waals surface area contributed by atoms with Gasteiger partial charge >= 0.3 is 0 Å². The Bertz CT molecular complexity index is 937. The van der Waals surface area contributed by atoms with E-state index in [1.165, 1.54) is 12.2 Å². The molecule has 1 unspecified atom stereocenters. The quantitative estimate of drug-likeness (QED) is 0.608. The highest BCUT2D eigenvalue weighted by atomic mass is 19.1. The number of ether oxygens (including phenoxy) is 4. The van der Waals surface area contributed by atoms with Gasteiger partial charge < -0.3 is 24.1 Å². The van der Waals surface area contributed by atoms with E-state index in [0.717, 1.165) is 0 Å². The Morgan fingerprint density at radius 2 is 1.91 bits per heavy atom. The van der Waals surface area contributed by atoms with Crippen LogP contribution in [0.4, 0.5) is 8.78 Å². The minimum Gasteiger partial charge on any atom is -0.390 e. The van der Waals surface area contributed by atoms with E-state index in [4.69, 9.17) is 18.9 Å². The van der Waals surface area contributed by atoms with Gasteiger partial charge in [-0.25, -0.2) is 8.78 Å². The maximum Gasteiger partial charge on any atom is 0.227 e. The Balaban J connectivity index is 1.51. The van der Waals surface area contributed by atoms with Crippen LogP contribution < -0.4 is 0 Å². The molecule has 6 nitrogen and oxygen atoms in total. The van der Waals surface area contributed by atoms with Crippen LogP contribution in [0.2, 0.25) is 0 Å². The molecule has 6 rings (SSSR count). The Kier molecular flexibility index (Phi) is 4.18. The smallest absolute Gasteiger partial charge is 0.227 e. The summed E-state index contributed by atoms with van der Waals surface area (Å²) in [5.41, 5.74) is -4.95. The number of carbonyl (C=O) groups is 1. The summed E-state index contributed by atoms with van der Waals surface area (Å²) in [6.45, 7) is 5.97. The molecule has 9 atom stereocenters. The Morgan fingerprint density at radius 3 is 2.62 bits per heavy atom. The van der Waals surface area contributed by atoms with Gasteiger partial charge in [-0.3, -0.25) is 4.79 Å². The topological polar surface area (TPSA) is 74.2 Å². The molecule has 0 aromatic carbocycles. The van der Waals surface area contributed by atoms with E-state index in [2.05, 4.69) is 0 Å². The minimum absolute atomic E-state index is 0.0263. The van der Waals surface area contributed by atoms with Gasteiger partial charge in [-0.1, -0.05) is 19.9 Å². The molecule has 2 aliphatic heterocycles. The lowest BCUT2D eigenvalue weighted by molar-refractivity contribution is -0.276. The Morgan fingerprint density at radius 1 is 1.16 bits per heavy atom. The van der Waals surface area contributed by atoms with Crippen molar-refractivity contribution in [1.82, 2.24) is 0 Å². The number of rotatable bonds is 0. The van der Waals surface area contributed by atoms with Crippen LogP contribution in [-0.2, 0) is 23.7 Å². The predicted molar refractivity (Wildman–Crippen MR) is 107 cm³/mol. The van der Waals surface area contributed by atoms with E-state index in [0.29, 0.717) is 6.42 Å². The van der Waals surface area contributed by atoms with Crippen LogP contribution in [0.15, 0.2) is 23.6 Å². The molecule has 0 bridgehead atoms. The number of aliphatic hydroxyl groups is 1. The largest absolute Gasteiger partial charge is 0.390 e. The number of allylic oxidation sites excluding steroid dienone is 4. The summed E-state index contributed by atoms with van der Waals surface area (Å²) in [5.74, 6) is -2.92. The fourth-order valence-electron chi connectivity index (χ4n) is 8.70. The number of aliphatic hydroxyl groups excluding tert-OH is 1. The first-order chi connectivity index (χ1) is 15.1. The molecule has 0 aromatic heterocycles. The van der Waals surface area contributed by atoms with Crippen molar-refractivity contribution in [3.8, 4) is 0 Å². The van der Waals surface area contributed by atoms with E-state index in [1.807, 2.05) is 13.8 Å². The van der Waals surface area contributed by atoms with Crippen LogP contribution >= 0.6 is 0 Å². The van der Waals surface area contributed by atoms with Gasteiger partial charge in [0, 0.05) is 29.6 Å². The normalized spacial score (nSPS) is 56.8. The summed E-state index contributed by atoms with van der Waals surface area (Å²) in [6, 6.07) is 0. The molecule has 176 valence electrons. The first kappa shape index (κ1) is 21.4.